The molecule has 3 rings (SSSR count). The summed E-state index contributed by atoms with van der Waals surface area (Å²) in [6, 6.07) is 6.67. The molecule has 30 heavy (non-hydrogen) atoms. The molecule has 1 fully saturated rings. The van der Waals surface area contributed by atoms with Crippen LogP contribution in [0.25, 0.3) is 0 Å². The molecule has 0 amide bonds. The lowest BCUT2D eigenvalue weighted by atomic mass is 10.0. The van der Waals surface area contributed by atoms with E-state index in [9.17, 15) is 12.8 Å². The first-order valence-corrected chi connectivity index (χ1v) is 11.9. The molecule has 0 N–H and O–H groups in total. The highest BCUT2D eigenvalue weighted by atomic mass is 32.2. The minimum absolute atomic E-state index is 0.110. The highest BCUT2D eigenvalue weighted by Gasteiger charge is 2.27. The van der Waals surface area contributed by atoms with E-state index in [1.165, 1.54) is 16.6 Å². The van der Waals surface area contributed by atoms with E-state index in [2.05, 4.69) is 4.90 Å². The number of ether oxygens (including phenoxy) is 1. The average Bonchev–Trinajstić information content (AvgIpc) is 2.70. The molecule has 2 heterocycles. The van der Waals surface area contributed by atoms with Crippen LogP contribution in [0.3, 0.4) is 0 Å². The summed E-state index contributed by atoms with van der Waals surface area (Å²) in [6.07, 6.45) is 1.57. The zero-order chi connectivity index (χ0) is 21.9. The predicted octanol–water partition coefficient (Wildman–Crippen LogP) is 2.56. The molecule has 1 aromatic carbocycles. The molecule has 1 saturated heterocycles. The summed E-state index contributed by atoms with van der Waals surface area (Å²) in [5.41, 5.74) is 2.12. The summed E-state index contributed by atoms with van der Waals surface area (Å²) in [4.78, 5) is 11.6. The van der Waals surface area contributed by atoms with E-state index < -0.39 is 10.0 Å². The Labute approximate surface area is 177 Å². The van der Waals surface area contributed by atoms with Gasteiger partial charge in [0, 0.05) is 51.2 Å². The van der Waals surface area contributed by atoms with E-state index in [-0.39, 0.29) is 11.7 Å². The maximum atomic E-state index is 14.4. The zero-order valence-corrected chi connectivity index (χ0v) is 18.7. The van der Waals surface area contributed by atoms with Gasteiger partial charge in [0.15, 0.2) is 0 Å². The molecule has 0 aliphatic carbocycles. The summed E-state index contributed by atoms with van der Waals surface area (Å²) in [5, 5.41) is 0. The number of nitrogens with zero attached hydrogens (tertiary/aromatic N) is 4. The van der Waals surface area contributed by atoms with Gasteiger partial charge in [0.2, 0.25) is 10.0 Å². The first-order chi connectivity index (χ1) is 14.2. The van der Waals surface area contributed by atoms with E-state index in [0.717, 1.165) is 17.1 Å². The summed E-state index contributed by atoms with van der Waals surface area (Å²) >= 11 is 0. The van der Waals surface area contributed by atoms with Crippen molar-refractivity contribution in [2.45, 2.75) is 32.8 Å². The van der Waals surface area contributed by atoms with E-state index in [1.54, 1.807) is 19.2 Å². The number of hydrogen-bond donors (Lipinski definition) is 0. The Morgan fingerprint density at radius 3 is 2.37 bits per heavy atom. The normalized spacial score (nSPS) is 15.7. The number of sulfonamides is 1. The van der Waals surface area contributed by atoms with Gasteiger partial charge in [0.25, 0.3) is 0 Å². The second-order valence-electron chi connectivity index (χ2n) is 7.84. The van der Waals surface area contributed by atoms with Gasteiger partial charge in [0.1, 0.15) is 17.5 Å². The van der Waals surface area contributed by atoms with Crippen LogP contribution in [0.15, 0.2) is 24.3 Å². The molecule has 1 aliphatic heterocycles. The van der Waals surface area contributed by atoms with Crippen molar-refractivity contribution in [1.29, 1.82) is 0 Å². The van der Waals surface area contributed by atoms with Crippen molar-refractivity contribution >= 4 is 15.8 Å². The molecule has 7 nitrogen and oxygen atoms in total. The monoisotopic (exact) mass is 436 g/mol. The molecule has 0 atom stereocenters. The van der Waals surface area contributed by atoms with Crippen LogP contribution in [0.1, 0.15) is 42.4 Å². The number of anilines is 1. The lowest BCUT2D eigenvalue weighted by molar-refractivity contribution is 0.180. The fourth-order valence-corrected chi connectivity index (χ4v) is 4.38. The second-order valence-corrected chi connectivity index (χ2v) is 9.82. The maximum absolute atomic E-state index is 14.4. The van der Waals surface area contributed by atoms with Crippen molar-refractivity contribution in [3.63, 3.8) is 0 Å². The number of hydrogen-bond acceptors (Lipinski definition) is 6. The smallest absolute Gasteiger partial charge is 0.211 e. The lowest BCUT2D eigenvalue weighted by Gasteiger charge is -2.35. The van der Waals surface area contributed by atoms with Gasteiger partial charge in [-0.15, -0.1) is 0 Å². The molecule has 0 radical (unpaired) electrons. The van der Waals surface area contributed by atoms with Crippen LogP contribution in [0.5, 0.6) is 0 Å². The quantitative estimate of drug-likeness (QED) is 0.664. The Morgan fingerprint density at radius 2 is 1.80 bits per heavy atom. The van der Waals surface area contributed by atoms with Gasteiger partial charge < -0.3 is 9.64 Å². The molecule has 164 valence electrons. The van der Waals surface area contributed by atoms with Gasteiger partial charge >= 0.3 is 0 Å². The minimum Gasteiger partial charge on any atom is -0.378 e. The van der Waals surface area contributed by atoms with E-state index in [4.69, 9.17) is 14.7 Å². The van der Waals surface area contributed by atoms with Crippen LogP contribution in [0.4, 0.5) is 10.2 Å². The minimum atomic E-state index is -3.23. The standard InChI is InChI=1S/C21H29FN4O3S/c1-15(2)20-23-19(14-29-3)17(13-16-7-5-6-8-18(16)22)21(24-20)25-9-11-26(12-10-25)30(4,27)28/h5-8,15H,9-14H2,1-4H3. The predicted molar refractivity (Wildman–Crippen MR) is 115 cm³/mol. The van der Waals surface area contributed by atoms with Crippen LogP contribution in [-0.4, -0.2) is 62.2 Å². The molecule has 2 aromatic rings. The van der Waals surface area contributed by atoms with Crippen LogP contribution >= 0.6 is 0 Å². The first kappa shape index (κ1) is 22.6. The van der Waals surface area contributed by atoms with Crippen molar-refractivity contribution in [2.75, 3.05) is 44.4 Å². The fraction of sp³-hybridized carbons (Fsp3) is 0.524. The van der Waals surface area contributed by atoms with Crippen molar-refractivity contribution in [1.82, 2.24) is 14.3 Å². The third-order valence-electron chi connectivity index (χ3n) is 5.22. The molecule has 1 aliphatic rings. The van der Waals surface area contributed by atoms with Crippen molar-refractivity contribution < 1.29 is 17.5 Å². The topological polar surface area (TPSA) is 75.6 Å². The number of piperazine rings is 1. The second kappa shape index (κ2) is 9.36. The molecule has 1 aromatic heterocycles. The molecule has 0 saturated carbocycles. The van der Waals surface area contributed by atoms with Crippen molar-refractivity contribution in [2.24, 2.45) is 0 Å². The highest BCUT2D eigenvalue weighted by Crippen LogP contribution is 2.28. The van der Waals surface area contributed by atoms with Crippen molar-refractivity contribution in [3.8, 4) is 0 Å². The molecule has 9 heteroatoms. The number of rotatable bonds is 7. The van der Waals surface area contributed by atoms with Crippen LogP contribution in [0, 0.1) is 5.82 Å². The zero-order valence-electron chi connectivity index (χ0n) is 17.9. The summed E-state index contributed by atoms with van der Waals surface area (Å²) in [7, 11) is -1.62. The lowest BCUT2D eigenvalue weighted by Crippen LogP contribution is -2.49. The third kappa shape index (κ3) is 5.14. The van der Waals surface area contributed by atoms with Gasteiger partial charge in [0.05, 0.1) is 18.6 Å². The maximum Gasteiger partial charge on any atom is 0.211 e. The number of benzene rings is 1. The van der Waals surface area contributed by atoms with Gasteiger partial charge in [-0.2, -0.15) is 4.31 Å². The van der Waals surface area contributed by atoms with Gasteiger partial charge in [-0.25, -0.2) is 22.8 Å². The first-order valence-electron chi connectivity index (χ1n) is 10.0. The van der Waals surface area contributed by atoms with Crippen LogP contribution < -0.4 is 4.90 Å². The molecule has 0 spiro atoms. The SMILES string of the molecule is COCc1nc(C(C)C)nc(N2CCN(S(C)(=O)=O)CC2)c1Cc1ccccc1F. The molecule has 0 unspecified atom stereocenters. The fourth-order valence-electron chi connectivity index (χ4n) is 3.56. The summed E-state index contributed by atoms with van der Waals surface area (Å²) < 4.78 is 45.0. The van der Waals surface area contributed by atoms with Crippen molar-refractivity contribution in [3.05, 3.63) is 52.7 Å². The van der Waals surface area contributed by atoms with E-state index in [1.807, 2.05) is 19.9 Å². The number of halogens is 1. The largest absolute Gasteiger partial charge is 0.378 e. The van der Waals surface area contributed by atoms with Gasteiger partial charge in [-0.3, -0.25) is 0 Å². The molecule has 0 bridgehead atoms. The number of aromatic nitrogens is 2. The average molecular weight is 437 g/mol. The van der Waals surface area contributed by atoms with Gasteiger partial charge in [-0.05, 0) is 11.6 Å². The Balaban J connectivity index is 2.04. The molecular formula is C21H29FN4O3S. The van der Waals surface area contributed by atoms with Gasteiger partial charge in [-0.1, -0.05) is 32.0 Å². The van der Waals surface area contributed by atoms with E-state index in [0.29, 0.717) is 50.6 Å². The number of methoxy groups -OCH3 is 1. The Kier molecular flexibility index (Phi) is 7.05. The Hall–Kier alpha value is -2.10. The van der Waals surface area contributed by atoms with Crippen LogP contribution in [0.2, 0.25) is 0 Å². The summed E-state index contributed by atoms with van der Waals surface area (Å²) in [6.45, 7) is 6.14. The summed E-state index contributed by atoms with van der Waals surface area (Å²) in [5.74, 6) is 1.26. The third-order valence-corrected chi connectivity index (χ3v) is 6.52. The Bertz CT molecular complexity index is 990. The molecular weight excluding hydrogens is 407 g/mol. The Morgan fingerprint density at radius 1 is 1.13 bits per heavy atom. The van der Waals surface area contributed by atoms with Crippen LogP contribution in [-0.2, 0) is 27.8 Å². The van der Waals surface area contributed by atoms with E-state index >= 15 is 0 Å². The highest BCUT2D eigenvalue weighted by molar-refractivity contribution is 7.88.